The van der Waals surface area contributed by atoms with E-state index in [9.17, 15) is 9.59 Å². The SMILES string of the molecule is COc1cc(OC)cc(C(=O)NNC(=O)c2cc3c(s2)CCC3)c1. The van der Waals surface area contributed by atoms with E-state index < -0.39 is 5.91 Å². The minimum Gasteiger partial charge on any atom is -0.497 e. The van der Waals surface area contributed by atoms with Gasteiger partial charge in [0.1, 0.15) is 11.5 Å². The molecule has 7 heteroatoms. The first-order chi connectivity index (χ1) is 11.6. The zero-order chi connectivity index (χ0) is 17.1. The fourth-order valence-electron chi connectivity index (χ4n) is 2.63. The Balaban J connectivity index is 1.65. The summed E-state index contributed by atoms with van der Waals surface area (Å²) in [5, 5.41) is 0. The van der Waals surface area contributed by atoms with E-state index in [1.54, 1.807) is 18.2 Å². The first-order valence-corrected chi connectivity index (χ1v) is 8.37. The molecule has 0 fully saturated rings. The number of hydrogen-bond donors (Lipinski definition) is 2. The molecule has 1 aromatic heterocycles. The van der Waals surface area contributed by atoms with E-state index in [4.69, 9.17) is 9.47 Å². The molecule has 1 aliphatic rings. The number of carbonyl (C=O) groups is 2. The third kappa shape index (κ3) is 3.35. The molecular weight excluding hydrogens is 328 g/mol. The first-order valence-electron chi connectivity index (χ1n) is 7.56. The number of carbonyl (C=O) groups excluding carboxylic acids is 2. The molecule has 0 unspecified atom stereocenters. The normalized spacial score (nSPS) is 12.4. The van der Waals surface area contributed by atoms with Crippen LogP contribution in [0.3, 0.4) is 0 Å². The van der Waals surface area contributed by atoms with Crippen LogP contribution in [-0.4, -0.2) is 26.0 Å². The summed E-state index contributed by atoms with van der Waals surface area (Å²) in [4.78, 5) is 26.3. The Kier molecular flexibility index (Phi) is 4.71. The van der Waals surface area contributed by atoms with Crippen LogP contribution in [0.4, 0.5) is 0 Å². The van der Waals surface area contributed by atoms with Gasteiger partial charge in [0.2, 0.25) is 0 Å². The summed E-state index contributed by atoms with van der Waals surface area (Å²) in [6.45, 7) is 0. The van der Waals surface area contributed by atoms with Crippen molar-refractivity contribution in [3.05, 3.63) is 45.1 Å². The predicted octanol–water partition coefficient (Wildman–Crippen LogP) is 2.33. The van der Waals surface area contributed by atoms with Gasteiger partial charge in [-0.05, 0) is 43.0 Å². The van der Waals surface area contributed by atoms with Crippen molar-refractivity contribution >= 4 is 23.2 Å². The number of fused-ring (bicyclic) bond motifs is 1. The van der Waals surface area contributed by atoms with Crippen LogP contribution in [0.15, 0.2) is 24.3 Å². The Bertz CT molecular complexity index is 741. The highest BCUT2D eigenvalue weighted by atomic mass is 32.1. The van der Waals surface area contributed by atoms with Crippen LogP contribution in [0.1, 0.15) is 36.9 Å². The summed E-state index contributed by atoms with van der Waals surface area (Å²) < 4.78 is 10.3. The molecule has 2 amide bonds. The average Bonchev–Trinajstić information content (AvgIpc) is 3.20. The minimum absolute atomic E-state index is 0.308. The molecule has 0 bridgehead atoms. The Hall–Kier alpha value is -2.54. The summed E-state index contributed by atoms with van der Waals surface area (Å²) in [6.07, 6.45) is 3.20. The van der Waals surface area contributed by atoms with Crippen molar-refractivity contribution in [2.24, 2.45) is 0 Å². The highest BCUT2D eigenvalue weighted by molar-refractivity contribution is 7.14. The van der Waals surface area contributed by atoms with E-state index in [0.717, 1.165) is 19.3 Å². The minimum atomic E-state index is -0.440. The van der Waals surface area contributed by atoms with Crippen molar-refractivity contribution in [3.63, 3.8) is 0 Å². The molecule has 0 saturated heterocycles. The van der Waals surface area contributed by atoms with Gasteiger partial charge in [0.15, 0.2) is 0 Å². The van der Waals surface area contributed by atoms with Crippen molar-refractivity contribution in [1.29, 1.82) is 0 Å². The number of amides is 2. The fourth-order valence-corrected chi connectivity index (χ4v) is 3.78. The quantitative estimate of drug-likeness (QED) is 0.833. The topological polar surface area (TPSA) is 76.7 Å². The summed E-state index contributed by atoms with van der Waals surface area (Å²) in [5.74, 6) is 0.253. The zero-order valence-electron chi connectivity index (χ0n) is 13.5. The van der Waals surface area contributed by atoms with Crippen molar-refractivity contribution in [3.8, 4) is 11.5 Å². The Morgan fingerprint density at radius 2 is 1.62 bits per heavy atom. The molecule has 2 N–H and O–H groups in total. The van der Waals surface area contributed by atoms with Crippen molar-refractivity contribution in [2.45, 2.75) is 19.3 Å². The smallest absolute Gasteiger partial charge is 0.279 e. The predicted molar refractivity (Wildman–Crippen MR) is 90.8 cm³/mol. The van der Waals surface area contributed by atoms with Gasteiger partial charge in [-0.2, -0.15) is 0 Å². The van der Waals surface area contributed by atoms with Crippen LogP contribution in [-0.2, 0) is 12.8 Å². The monoisotopic (exact) mass is 346 g/mol. The molecule has 0 spiro atoms. The number of aryl methyl sites for hydroxylation is 2. The van der Waals surface area contributed by atoms with Crippen LogP contribution < -0.4 is 20.3 Å². The Morgan fingerprint density at radius 1 is 0.958 bits per heavy atom. The fraction of sp³-hybridized carbons (Fsp3) is 0.294. The summed E-state index contributed by atoms with van der Waals surface area (Å²) in [7, 11) is 3.02. The second-order valence-corrected chi connectivity index (χ2v) is 6.56. The number of nitrogens with one attached hydrogen (secondary N) is 2. The molecule has 1 aliphatic carbocycles. The van der Waals surface area contributed by atoms with Crippen LogP contribution in [0, 0.1) is 0 Å². The lowest BCUT2D eigenvalue weighted by Crippen LogP contribution is -2.41. The number of hydrogen-bond acceptors (Lipinski definition) is 5. The van der Waals surface area contributed by atoms with E-state index in [-0.39, 0.29) is 5.91 Å². The largest absolute Gasteiger partial charge is 0.497 e. The molecular formula is C17H18N2O4S. The van der Waals surface area contributed by atoms with Crippen LogP contribution in [0.2, 0.25) is 0 Å². The lowest BCUT2D eigenvalue weighted by atomic mass is 10.2. The zero-order valence-corrected chi connectivity index (χ0v) is 14.3. The number of benzene rings is 1. The first kappa shape index (κ1) is 16.3. The van der Waals surface area contributed by atoms with Crippen LogP contribution in [0.5, 0.6) is 11.5 Å². The third-order valence-electron chi connectivity index (χ3n) is 3.87. The molecule has 0 radical (unpaired) electrons. The highest BCUT2D eigenvalue weighted by Crippen LogP contribution is 2.30. The van der Waals surface area contributed by atoms with Crippen molar-refractivity contribution in [1.82, 2.24) is 10.9 Å². The van der Waals surface area contributed by atoms with Crippen molar-refractivity contribution < 1.29 is 19.1 Å². The van der Waals surface area contributed by atoms with E-state index in [1.165, 1.54) is 36.0 Å². The maximum Gasteiger partial charge on any atom is 0.279 e. The number of hydrazine groups is 1. The molecule has 0 saturated carbocycles. The average molecular weight is 346 g/mol. The van der Waals surface area contributed by atoms with Gasteiger partial charge in [0.25, 0.3) is 11.8 Å². The number of ether oxygens (including phenoxy) is 2. The van der Waals surface area contributed by atoms with Gasteiger partial charge < -0.3 is 9.47 Å². The maximum atomic E-state index is 12.2. The second kappa shape index (κ2) is 6.92. The lowest BCUT2D eigenvalue weighted by molar-refractivity contribution is 0.0848. The maximum absolute atomic E-state index is 12.2. The molecule has 3 rings (SSSR count). The van der Waals surface area contributed by atoms with Crippen LogP contribution >= 0.6 is 11.3 Å². The molecule has 24 heavy (non-hydrogen) atoms. The highest BCUT2D eigenvalue weighted by Gasteiger charge is 2.19. The van der Waals surface area contributed by atoms with Gasteiger partial charge in [0.05, 0.1) is 19.1 Å². The number of methoxy groups -OCH3 is 2. The van der Waals surface area contributed by atoms with E-state index in [1.807, 2.05) is 6.07 Å². The number of thiophene rings is 1. The summed E-state index contributed by atoms with van der Waals surface area (Å²) in [6, 6.07) is 6.72. The summed E-state index contributed by atoms with van der Waals surface area (Å²) in [5.41, 5.74) is 6.45. The van der Waals surface area contributed by atoms with Crippen LogP contribution in [0.25, 0.3) is 0 Å². The molecule has 6 nitrogen and oxygen atoms in total. The standard InChI is InChI=1S/C17H18N2O4S/c1-22-12-6-11(7-13(9-12)23-2)16(20)18-19-17(21)15-8-10-4-3-5-14(10)24-15/h6-9H,3-5H2,1-2H3,(H,18,20)(H,19,21). The van der Waals surface area contributed by atoms with Gasteiger partial charge in [-0.1, -0.05) is 0 Å². The molecule has 1 aromatic carbocycles. The lowest BCUT2D eigenvalue weighted by Gasteiger charge is -2.09. The Morgan fingerprint density at radius 3 is 2.25 bits per heavy atom. The summed E-state index contributed by atoms with van der Waals surface area (Å²) >= 11 is 1.49. The van der Waals surface area contributed by atoms with Crippen molar-refractivity contribution in [2.75, 3.05) is 14.2 Å². The molecule has 126 valence electrons. The number of rotatable bonds is 4. The van der Waals surface area contributed by atoms with Gasteiger partial charge in [-0.3, -0.25) is 20.4 Å². The third-order valence-corrected chi connectivity index (χ3v) is 5.11. The molecule has 0 atom stereocenters. The van der Waals surface area contributed by atoms with Gasteiger partial charge in [-0.25, -0.2) is 0 Å². The van der Waals surface area contributed by atoms with E-state index in [0.29, 0.717) is 21.9 Å². The van der Waals surface area contributed by atoms with Gasteiger partial charge >= 0.3 is 0 Å². The van der Waals surface area contributed by atoms with Gasteiger partial charge in [-0.15, -0.1) is 11.3 Å². The Labute approximate surface area is 143 Å². The molecule has 0 aliphatic heterocycles. The van der Waals surface area contributed by atoms with E-state index >= 15 is 0 Å². The van der Waals surface area contributed by atoms with E-state index in [2.05, 4.69) is 10.9 Å². The second-order valence-electron chi connectivity index (χ2n) is 5.42. The molecule has 2 aromatic rings. The van der Waals surface area contributed by atoms with Gasteiger partial charge in [0, 0.05) is 16.5 Å². The molecule has 1 heterocycles.